The highest BCUT2D eigenvalue weighted by molar-refractivity contribution is 9.10. The largest absolute Gasteiger partial charge is 0.493 e. The number of carbonyl (C=O) groups excluding carboxylic acids is 2. The fraction of sp³-hybridized carbons (Fsp3) is 0.517. The number of carbonyl (C=O) groups is 2. The lowest BCUT2D eigenvalue weighted by molar-refractivity contribution is -0.376. The van der Waals surface area contributed by atoms with Gasteiger partial charge in [0.15, 0.2) is 0 Å². The molecule has 1 aliphatic heterocycles. The number of hydrogen-bond donors (Lipinski definition) is 2. The number of imide groups is 1. The third-order valence-corrected chi connectivity index (χ3v) is 7.92. The quantitative estimate of drug-likeness (QED) is 0.139. The molecule has 0 aliphatic carbocycles. The molecule has 1 fully saturated rings. The Morgan fingerprint density at radius 2 is 1.51 bits per heavy atom. The van der Waals surface area contributed by atoms with Gasteiger partial charge in [-0.1, -0.05) is 32.8 Å². The van der Waals surface area contributed by atoms with Gasteiger partial charge in [0, 0.05) is 12.1 Å². The monoisotopic (exact) mass is 684 g/mol. The van der Waals surface area contributed by atoms with Crippen LogP contribution in [0.2, 0.25) is 0 Å². The fourth-order valence-electron chi connectivity index (χ4n) is 5.00. The van der Waals surface area contributed by atoms with E-state index in [0.29, 0.717) is 37.0 Å². The Balaban J connectivity index is 1.76. The third kappa shape index (κ3) is 6.79. The molecule has 0 radical (unpaired) electrons. The minimum absolute atomic E-state index is 0.00140. The Hall–Kier alpha value is -2.87. The van der Waals surface area contributed by atoms with Crippen molar-refractivity contribution in [3.8, 4) is 5.75 Å². The van der Waals surface area contributed by atoms with Gasteiger partial charge in [0.05, 0.1) is 11.1 Å². The zero-order chi connectivity index (χ0) is 32.4. The first-order valence-electron chi connectivity index (χ1n) is 13.7. The maximum Gasteiger partial charge on any atom is 0.430 e. The molecule has 3 rings (SSSR count). The standard InChI is InChI=1S/C29H32BrF7N2O4/c1-4-8-17-14-20(27(42,28(32,33)34)29(35,36)37)15-18(9-5-2)23(17)43-13-7-6-12-39-24(40)26(3,38-25(39)41)19-10-11-22(31)21(30)16-19/h10-11,14-16,42H,4-9,12-13H2,1-3H3,(H,38,41). The minimum atomic E-state index is -6.01. The number of rotatable bonds is 12. The summed E-state index contributed by atoms with van der Waals surface area (Å²) in [5.41, 5.74) is -7.20. The number of ether oxygens (including phenoxy) is 1. The summed E-state index contributed by atoms with van der Waals surface area (Å²) in [6.45, 7) is 4.92. The molecule has 2 N–H and O–H groups in total. The SMILES string of the molecule is CCCc1cc(C(O)(C(F)(F)F)C(F)(F)F)cc(CCC)c1OCCCCN1C(=O)NC(C)(c2ccc(F)c(Br)c2)C1=O. The van der Waals surface area contributed by atoms with E-state index in [0.717, 1.165) is 4.90 Å². The molecule has 0 aromatic heterocycles. The van der Waals surface area contributed by atoms with E-state index >= 15 is 0 Å². The second-order valence-corrected chi connectivity index (χ2v) is 11.4. The predicted octanol–water partition coefficient (Wildman–Crippen LogP) is 7.43. The molecule has 1 heterocycles. The summed E-state index contributed by atoms with van der Waals surface area (Å²) in [7, 11) is 0. The van der Waals surface area contributed by atoms with E-state index in [9.17, 15) is 45.4 Å². The molecule has 1 unspecified atom stereocenters. The molecule has 6 nitrogen and oxygen atoms in total. The van der Waals surface area contributed by atoms with Crippen molar-refractivity contribution in [3.63, 3.8) is 0 Å². The minimum Gasteiger partial charge on any atom is -0.493 e. The summed E-state index contributed by atoms with van der Waals surface area (Å²) < 4.78 is 101. The lowest BCUT2D eigenvalue weighted by Gasteiger charge is -2.33. The van der Waals surface area contributed by atoms with Crippen molar-refractivity contribution in [2.24, 2.45) is 0 Å². The predicted molar refractivity (Wildman–Crippen MR) is 147 cm³/mol. The molecule has 2 aromatic carbocycles. The van der Waals surface area contributed by atoms with Crippen molar-refractivity contribution >= 4 is 27.9 Å². The summed E-state index contributed by atoms with van der Waals surface area (Å²) in [4.78, 5) is 26.7. The number of hydrogen-bond acceptors (Lipinski definition) is 4. The lowest BCUT2D eigenvalue weighted by Crippen LogP contribution is -2.54. The Bertz CT molecular complexity index is 1310. The highest BCUT2D eigenvalue weighted by Crippen LogP contribution is 2.51. The number of unbranched alkanes of at least 4 members (excludes halogenated alkanes) is 1. The van der Waals surface area contributed by atoms with E-state index in [2.05, 4.69) is 21.2 Å². The van der Waals surface area contributed by atoms with Crippen LogP contribution in [0.25, 0.3) is 0 Å². The van der Waals surface area contributed by atoms with Crippen LogP contribution in [0.15, 0.2) is 34.8 Å². The van der Waals surface area contributed by atoms with Crippen LogP contribution >= 0.6 is 15.9 Å². The van der Waals surface area contributed by atoms with E-state index in [1.165, 1.54) is 25.1 Å². The highest BCUT2D eigenvalue weighted by atomic mass is 79.9. The molecule has 1 saturated heterocycles. The van der Waals surface area contributed by atoms with E-state index < -0.39 is 46.8 Å². The van der Waals surface area contributed by atoms with Crippen molar-refractivity contribution in [3.05, 3.63) is 62.9 Å². The van der Waals surface area contributed by atoms with Gasteiger partial charge in [0.1, 0.15) is 17.1 Å². The Morgan fingerprint density at radius 1 is 0.953 bits per heavy atom. The molecule has 0 spiro atoms. The van der Waals surface area contributed by atoms with Gasteiger partial charge < -0.3 is 15.2 Å². The zero-order valence-electron chi connectivity index (χ0n) is 23.7. The van der Waals surface area contributed by atoms with Crippen LogP contribution in [-0.2, 0) is 28.8 Å². The first kappa shape index (κ1) is 34.6. The maximum atomic E-state index is 13.7. The molecule has 238 valence electrons. The van der Waals surface area contributed by atoms with E-state index in [-0.39, 0.29) is 53.8 Å². The number of nitrogens with zero attached hydrogens (tertiary/aromatic N) is 1. The molecule has 2 aromatic rings. The highest BCUT2D eigenvalue weighted by Gasteiger charge is 2.71. The van der Waals surface area contributed by atoms with Crippen LogP contribution in [0.1, 0.15) is 68.7 Å². The van der Waals surface area contributed by atoms with Crippen molar-refractivity contribution in [2.75, 3.05) is 13.2 Å². The summed E-state index contributed by atoms with van der Waals surface area (Å²) >= 11 is 3.07. The van der Waals surface area contributed by atoms with Gasteiger partial charge in [-0.2, -0.15) is 26.3 Å². The lowest BCUT2D eigenvalue weighted by atomic mass is 9.87. The molecule has 3 amide bonds. The van der Waals surface area contributed by atoms with Gasteiger partial charge in [-0.15, -0.1) is 0 Å². The van der Waals surface area contributed by atoms with E-state index in [4.69, 9.17) is 4.74 Å². The summed E-state index contributed by atoms with van der Waals surface area (Å²) in [6.07, 6.45) is -10.5. The Morgan fingerprint density at radius 3 is 2.00 bits per heavy atom. The zero-order valence-corrected chi connectivity index (χ0v) is 25.3. The van der Waals surface area contributed by atoms with Gasteiger partial charge in [-0.05, 0) is 89.5 Å². The number of urea groups is 1. The second kappa shape index (κ2) is 13.0. The van der Waals surface area contributed by atoms with Gasteiger partial charge >= 0.3 is 18.4 Å². The second-order valence-electron chi connectivity index (χ2n) is 10.5. The number of aryl methyl sites for hydroxylation is 2. The van der Waals surface area contributed by atoms with Crippen LogP contribution in [0.5, 0.6) is 5.75 Å². The number of amides is 3. The molecular formula is C29H32BrF7N2O4. The van der Waals surface area contributed by atoms with E-state index in [1.54, 1.807) is 13.8 Å². The molecule has 43 heavy (non-hydrogen) atoms. The van der Waals surface area contributed by atoms with Gasteiger partial charge in [0.25, 0.3) is 11.5 Å². The van der Waals surface area contributed by atoms with Crippen LogP contribution < -0.4 is 10.1 Å². The smallest absolute Gasteiger partial charge is 0.430 e. The Kier molecular flexibility index (Phi) is 10.5. The van der Waals surface area contributed by atoms with E-state index in [1.807, 2.05) is 0 Å². The average Bonchev–Trinajstić information content (AvgIpc) is 3.13. The molecule has 0 saturated carbocycles. The third-order valence-electron chi connectivity index (χ3n) is 7.31. The number of nitrogens with one attached hydrogen (secondary N) is 1. The van der Waals surface area contributed by atoms with Gasteiger partial charge in [-0.3, -0.25) is 9.69 Å². The Labute approximate surface area is 252 Å². The van der Waals surface area contributed by atoms with Crippen molar-refractivity contribution in [1.29, 1.82) is 0 Å². The van der Waals surface area contributed by atoms with Crippen LogP contribution in [0.4, 0.5) is 35.5 Å². The number of aliphatic hydroxyl groups is 1. The average molecular weight is 685 g/mol. The van der Waals surface area contributed by atoms with Gasteiger partial charge in [0.2, 0.25) is 0 Å². The summed E-state index contributed by atoms with van der Waals surface area (Å²) in [5, 5.41) is 12.6. The number of benzene rings is 2. The van der Waals surface area contributed by atoms with Crippen molar-refractivity contribution in [2.45, 2.75) is 82.8 Å². The molecular weight excluding hydrogens is 653 g/mol. The van der Waals surface area contributed by atoms with Crippen molar-refractivity contribution < 1.29 is 50.2 Å². The molecule has 14 heteroatoms. The first-order valence-corrected chi connectivity index (χ1v) is 14.5. The molecule has 1 atom stereocenters. The summed E-state index contributed by atoms with van der Waals surface area (Å²) in [6, 6.07) is 4.72. The van der Waals surface area contributed by atoms with Gasteiger partial charge in [-0.25, -0.2) is 9.18 Å². The topological polar surface area (TPSA) is 78.9 Å². The van der Waals surface area contributed by atoms with Crippen LogP contribution in [-0.4, -0.2) is 47.4 Å². The van der Waals surface area contributed by atoms with Crippen LogP contribution in [0, 0.1) is 5.82 Å². The normalized spacial score (nSPS) is 17.9. The molecule has 0 bridgehead atoms. The number of alkyl halides is 6. The first-order chi connectivity index (χ1) is 19.9. The summed E-state index contributed by atoms with van der Waals surface area (Å²) in [5.74, 6) is -0.912. The maximum absolute atomic E-state index is 13.7. The fourth-order valence-corrected chi connectivity index (χ4v) is 5.37. The van der Waals surface area contributed by atoms with Crippen LogP contribution in [0.3, 0.4) is 0 Å². The molecule has 1 aliphatic rings. The number of halogens is 8. The van der Waals surface area contributed by atoms with Crippen molar-refractivity contribution in [1.82, 2.24) is 10.2 Å².